The van der Waals surface area contributed by atoms with Crippen LogP contribution in [0.25, 0.3) is 0 Å². The fourth-order valence-corrected chi connectivity index (χ4v) is 1.85. The second kappa shape index (κ2) is 6.86. The van der Waals surface area contributed by atoms with Crippen molar-refractivity contribution < 1.29 is 9.59 Å². The van der Waals surface area contributed by atoms with Crippen LogP contribution in [0.2, 0.25) is 5.02 Å². The second-order valence-electron chi connectivity index (χ2n) is 4.48. The Morgan fingerprint density at radius 2 is 1.52 bits per heavy atom. The van der Waals surface area contributed by atoms with Gasteiger partial charge < -0.3 is 5.32 Å². The van der Waals surface area contributed by atoms with Gasteiger partial charge in [0.2, 0.25) is 0 Å². The van der Waals surface area contributed by atoms with Crippen molar-refractivity contribution in [1.29, 1.82) is 0 Å². The Balaban J connectivity index is 1.97. The predicted molar refractivity (Wildman–Crippen MR) is 85.0 cm³/mol. The number of allylic oxidation sites excluding steroid dienone is 1. The third kappa shape index (κ3) is 4.29. The number of carbonyl (C=O) groups is 2. The van der Waals surface area contributed by atoms with Crippen LogP contribution >= 0.6 is 11.6 Å². The van der Waals surface area contributed by atoms with Gasteiger partial charge in [0.1, 0.15) is 0 Å². The summed E-state index contributed by atoms with van der Waals surface area (Å²) in [5.74, 6) is -0.0884. The maximum absolute atomic E-state index is 11.9. The number of Topliss-reactive ketones (excluding diaryl/α,β-unsaturated/α-hetero) is 1. The van der Waals surface area contributed by atoms with E-state index < -0.39 is 0 Å². The van der Waals surface area contributed by atoms with Crippen molar-refractivity contribution in [2.75, 3.05) is 5.32 Å². The zero-order valence-electron chi connectivity index (χ0n) is 11.5. The number of ketones is 2. The minimum atomic E-state index is -0.112. The van der Waals surface area contributed by atoms with Crippen LogP contribution < -0.4 is 5.32 Å². The third-order valence-electron chi connectivity index (χ3n) is 2.90. The van der Waals surface area contributed by atoms with Crippen molar-refractivity contribution in [2.45, 2.75) is 6.92 Å². The molecule has 0 radical (unpaired) electrons. The molecule has 0 aliphatic carbocycles. The van der Waals surface area contributed by atoms with Gasteiger partial charge in [-0.2, -0.15) is 0 Å². The Labute approximate surface area is 128 Å². The highest BCUT2D eigenvalue weighted by Gasteiger charge is 2.01. The molecule has 0 unspecified atom stereocenters. The monoisotopic (exact) mass is 299 g/mol. The molecule has 2 aromatic rings. The quantitative estimate of drug-likeness (QED) is 0.659. The summed E-state index contributed by atoms with van der Waals surface area (Å²) in [7, 11) is 0. The predicted octanol–water partition coefficient (Wildman–Crippen LogP) is 4.35. The van der Waals surface area contributed by atoms with E-state index in [0.717, 1.165) is 5.69 Å². The Kier molecular flexibility index (Phi) is 4.90. The lowest BCUT2D eigenvalue weighted by Gasteiger charge is -2.01. The van der Waals surface area contributed by atoms with Gasteiger partial charge in [0.25, 0.3) is 0 Å². The maximum atomic E-state index is 11.9. The molecule has 2 aromatic carbocycles. The van der Waals surface area contributed by atoms with E-state index in [4.69, 9.17) is 11.6 Å². The minimum absolute atomic E-state index is 0.0232. The van der Waals surface area contributed by atoms with E-state index in [2.05, 4.69) is 5.32 Å². The van der Waals surface area contributed by atoms with Gasteiger partial charge in [-0.15, -0.1) is 0 Å². The summed E-state index contributed by atoms with van der Waals surface area (Å²) in [5.41, 5.74) is 2.03. The zero-order chi connectivity index (χ0) is 15.2. The third-order valence-corrected chi connectivity index (χ3v) is 3.16. The van der Waals surface area contributed by atoms with E-state index in [1.54, 1.807) is 54.7 Å². The fourth-order valence-electron chi connectivity index (χ4n) is 1.73. The van der Waals surface area contributed by atoms with Gasteiger partial charge in [0, 0.05) is 34.1 Å². The van der Waals surface area contributed by atoms with E-state index in [0.29, 0.717) is 16.1 Å². The SMILES string of the molecule is CC(=O)c1ccc(N/C=C\C(=O)c2ccc(Cl)cc2)cc1. The molecule has 0 saturated heterocycles. The van der Waals surface area contributed by atoms with Crippen LogP contribution in [0.5, 0.6) is 0 Å². The van der Waals surface area contributed by atoms with Crippen LogP contribution in [0.1, 0.15) is 27.6 Å². The fraction of sp³-hybridized carbons (Fsp3) is 0.0588. The molecule has 1 N–H and O–H groups in total. The number of benzene rings is 2. The molecular weight excluding hydrogens is 286 g/mol. The molecule has 0 aliphatic rings. The summed E-state index contributed by atoms with van der Waals surface area (Å²) in [6, 6.07) is 13.8. The van der Waals surface area contributed by atoms with Gasteiger partial charge >= 0.3 is 0 Å². The number of hydrogen-bond acceptors (Lipinski definition) is 3. The van der Waals surface area contributed by atoms with Crippen LogP contribution in [0, 0.1) is 0 Å². The second-order valence-corrected chi connectivity index (χ2v) is 4.92. The average molecular weight is 300 g/mol. The molecule has 0 amide bonds. The molecule has 3 nitrogen and oxygen atoms in total. The molecule has 106 valence electrons. The molecule has 21 heavy (non-hydrogen) atoms. The molecule has 2 rings (SSSR count). The number of hydrogen-bond donors (Lipinski definition) is 1. The summed E-state index contributed by atoms with van der Waals surface area (Å²) >= 11 is 5.77. The van der Waals surface area contributed by atoms with Crippen molar-refractivity contribution in [2.24, 2.45) is 0 Å². The molecule has 0 aromatic heterocycles. The number of carbonyl (C=O) groups excluding carboxylic acids is 2. The van der Waals surface area contributed by atoms with Crippen LogP contribution in [0.15, 0.2) is 60.8 Å². The van der Waals surface area contributed by atoms with Gasteiger partial charge in [-0.3, -0.25) is 9.59 Å². The van der Waals surface area contributed by atoms with Crippen LogP contribution in [0.4, 0.5) is 5.69 Å². The first-order chi connectivity index (χ1) is 10.1. The zero-order valence-corrected chi connectivity index (χ0v) is 12.2. The summed E-state index contributed by atoms with van der Waals surface area (Å²) in [4.78, 5) is 23.0. The Hall–Kier alpha value is -2.39. The molecule has 0 saturated carbocycles. The molecular formula is C17H14ClNO2. The smallest absolute Gasteiger partial charge is 0.187 e. The normalized spacial score (nSPS) is 10.6. The van der Waals surface area contributed by atoms with Crippen molar-refractivity contribution in [3.8, 4) is 0 Å². The highest BCUT2D eigenvalue weighted by molar-refractivity contribution is 6.30. The lowest BCUT2D eigenvalue weighted by atomic mass is 10.1. The Morgan fingerprint density at radius 3 is 2.10 bits per heavy atom. The highest BCUT2D eigenvalue weighted by atomic mass is 35.5. The van der Waals surface area contributed by atoms with Gasteiger partial charge in [-0.05, 0) is 55.5 Å². The van der Waals surface area contributed by atoms with Gasteiger partial charge in [0.15, 0.2) is 11.6 Å². The average Bonchev–Trinajstić information content (AvgIpc) is 2.48. The van der Waals surface area contributed by atoms with Crippen LogP contribution in [0.3, 0.4) is 0 Å². The number of anilines is 1. The molecule has 0 fully saturated rings. The first-order valence-corrected chi connectivity index (χ1v) is 6.78. The molecule has 4 heteroatoms. The first kappa shape index (κ1) is 15.0. The van der Waals surface area contributed by atoms with E-state index in [1.807, 2.05) is 0 Å². The van der Waals surface area contributed by atoms with E-state index in [-0.39, 0.29) is 11.6 Å². The van der Waals surface area contributed by atoms with Crippen molar-refractivity contribution in [1.82, 2.24) is 0 Å². The summed E-state index contributed by atoms with van der Waals surface area (Å²) < 4.78 is 0. The van der Waals surface area contributed by atoms with Crippen LogP contribution in [-0.4, -0.2) is 11.6 Å². The molecule has 0 bridgehead atoms. The molecule has 0 spiro atoms. The Morgan fingerprint density at radius 1 is 0.952 bits per heavy atom. The molecule has 0 atom stereocenters. The molecule has 0 heterocycles. The number of halogens is 1. The standard InChI is InChI=1S/C17H14ClNO2/c1-12(20)13-4-8-16(9-5-13)19-11-10-17(21)14-2-6-15(18)7-3-14/h2-11,19H,1H3/b11-10-. The van der Waals surface area contributed by atoms with Crippen molar-refractivity contribution in [3.63, 3.8) is 0 Å². The van der Waals surface area contributed by atoms with Crippen molar-refractivity contribution in [3.05, 3.63) is 77.0 Å². The lowest BCUT2D eigenvalue weighted by molar-refractivity contribution is 0.101. The number of rotatable bonds is 5. The Bertz CT molecular complexity index is 673. The first-order valence-electron chi connectivity index (χ1n) is 6.40. The van der Waals surface area contributed by atoms with Gasteiger partial charge in [-0.25, -0.2) is 0 Å². The van der Waals surface area contributed by atoms with Gasteiger partial charge in [0.05, 0.1) is 0 Å². The number of nitrogens with one attached hydrogen (secondary N) is 1. The summed E-state index contributed by atoms with van der Waals surface area (Å²) in [5, 5.41) is 3.58. The van der Waals surface area contributed by atoms with E-state index in [9.17, 15) is 9.59 Å². The largest absolute Gasteiger partial charge is 0.362 e. The minimum Gasteiger partial charge on any atom is -0.362 e. The maximum Gasteiger partial charge on any atom is 0.187 e. The van der Waals surface area contributed by atoms with Gasteiger partial charge in [-0.1, -0.05) is 11.6 Å². The summed E-state index contributed by atoms with van der Waals surface area (Å²) in [6.45, 7) is 1.52. The van der Waals surface area contributed by atoms with Crippen molar-refractivity contribution >= 4 is 28.9 Å². The topological polar surface area (TPSA) is 46.2 Å². The van der Waals surface area contributed by atoms with E-state index >= 15 is 0 Å². The molecule has 0 aliphatic heterocycles. The van der Waals surface area contributed by atoms with E-state index in [1.165, 1.54) is 13.0 Å². The lowest BCUT2D eigenvalue weighted by Crippen LogP contribution is -1.96. The highest BCUT2D eigenvalue weighted by Crippen LogP contribution is 2.12. The summed E-state index contributed by atoms with van der Waals surface area (Å²) in [6.07, 6.45) is 3.02. The van der Waals surface area contributed by atoms with Crippen LogP contribution in [-0.2, 0) is 0 Å².